The van der Waals surface area contributed by atoms with Crippen LogP contribution in [0.2, 0.25) is 0 Å². The van der Waals surface area contributed by atoms with Crippen molar-refractivity contribution in [3.63, 3.8) is 0 Å². The summed E-state index contributed by atoms with van der Waals surface area (Å²) in [5.41, 5.74) is 0. The summed E-state index contributed by atoms with van der Waals surface area (Å²) in [6, 6.07) is 3.40. The SMILES string of the molecule is CN(Cc1cccs1)C(=O)CN1CCSCC1C(=O)O. The second-order valence-corrected chi connectivity index (χ2v) is 6.91. The number of carboxylic acid groups (broad SMARTS) is 1. The second kappa shape index (κ2) is 7.10. The zero-order valence-electron chi connectivity index (χ0n) is 11.3. The molecule has 1 aliphatic rings. The average Bonchev–Trinajstić information content (AvgIpc) is 2.91. The van der Waals surface area contributed by atoms with E-state index in [1.54, 1.807) is 39.9 Å². The van der Waals surface area contributed by atoms with Crippen LogP contribution in [0.5, 0.6) is 0 Å². The molecule has 1 aromatic heterocycles. The Hall–Kier alpha value is -1.05. The molecular weight excluding hydrogens is 296 g/mol. The Morgan fingerprint density at radius 1 is 1.55 bits per heavy atom. The van der Waals surface area contributed by atoms with Crippen LogP contribution < -0.4 is 0 Å². The highest BCUT2D eigenvalue weighted by molar-refractivity contribution is 7.99. The summed E-state index contributed by atoms with van der Waals surface area (Å²) in [4.78, 5) is 27.9. The highest BCUT2D eigenvalue weighted by Crippen LogP contribution is 2.17. The van der Waals surface area contributed by atoms with Crippen molar-refractivity contribution in [2.24, 2.45) is 0 Å². The van der Waals surface area contributed by atoms with Gasteiger partial charge in [-0.1, -0.05) is 6.07 Å². The summed E-state index contributed by atoms with van der Waals surface area (Å²) in [5, 5.41) is 11.2. The quantitative estimate of drug-likeness (QED) is 0.885. The molecule has 0 bridgehead atoms. The van der Waals surface area contributed by atoms with Crippen LogP contribution in [0, 0.1) is 0 Å². The van der Waals surface area contributed by atoms with Crippen LogP contribution >= 0.6 is 23.1 Å². The van der Waals surface area contributed by atoms with Gasteiger partial charge in [-0.3, -0.25) is 14.5 Å². The maximum absolute atomic E-state index is 12.2. The van der Waals surface area contributed by atoms with Crippen LogP contribution in [0.4, 0.5) is 0 Å². The minimum atomic E-state index is -0.842. The number of thioether (sulfide) groups is 1. The van der Waals surface area contributed by atoms with Crippen molar-refractivity contribution < 1.29 is 14.7 Å². The lowest BCUT2D eigenvalue weighted by Gasteiger charge is -2.33. The van der Waals surface area contributed by atoms with Crippen molar-refractivity contribution in [1.29, 1.82) is 0 Å². The van der Waals surface area contributed by atoms with Crippen LogP contribution in [0.15, 0.2) is 17.5 Å². The van der Waals surface area contributed by atoms with Crippen LogP contribution in [0.1, 0.15) is 4.88 Å². The van der Waals surface area contributed by atoms with Gasteiger partial charge in [0.15, 0.2) is 0 Å². The first-order chi connectivity index (χ1) is 9.58. The molecule has 20 heavy (non-hydrogen) atoms. The third-order valence-electron chi connectivity index (χ3n) is 3.26. The molecule has 0 radical (unpaired) electrons. The molecule has 0 spiro atoms. The molecule has 1 aliphatic heterocycles. The van der Waals surface area contributed by atoms with Crippen molar-refractivity contribution in [3.05, 3.63) is 22.4 Å². The Morgan fingerprint density at radius 3 is 3.00 bits per heavy atom. The van der Waals surface area contributed by atoms with Gasteiger partial charge in [-0.15, -0.1) is 11.3 Å². The van der Waals surface area contributed by atoms with Crippen LogP contribution in [-0.4, -0.2) is 64.5 Å². The fraction of sp³-hybridized carbons (Fsp3) is 0.538. The van der Waals surface area contributed by atoms with Crippen molar-refractivity contribution in [2.45, 2.75) is 12.6 Å². The smallest absolute Gasteiger partial charge is 0.321 e. The maximum atomic E-state index is 12.2. The van der Waals surface area contributed by atoms with Gasteiger partial charge in [0, 0.05) is 30.0 Å². The molecule has 1 N–H and O–H groups in total. The highest BCUT2D eigenvalue weighted by Gasteiger charge is 2.30. The fourth-order valence-corrected chi connectivity index (χ4v) is 3.94. The first kappa shape index (κ1) is 15.3. The summed E-state index contributed by atoms with van der Waals surface area (Å²) in [6.07, 6.45) is 0. The van der Waals surface area contributed by atoms with Gasteiger partial charge in [-0.2, -0.15) is 11.8 Å². The number of rotatable bonds is 5. The van der Waals surface area contributed by atoms with Gasteiger partial charge in [0.25, 0.3) is 0 Å². The first-order valence-electron chi connectivity index (χ1n) is 6.39. The van der Waals surface area contributed by atoms with Crippen LogP contribution in [0.25, 0.3) is 0 Å². The van der Waals surface area contributed by atoms with E-state index in [0.29, 0.717) is 18.8 Å². The van der Waals surface area contributed by atoms with E-state index in [2.05, 4.69) is 0 Å². The minimum Gasteiger partial charge on any atom is -0.480 e. The number of carbonyl (C=O) groups is 2. The van der Waals surface area contributed by atoms with Gasteiger partial charge >= 0.3 is 5.97 Å². The molecule has 1 fully saturated rings. The lowest BCUT2D eigenvalue weighted by molar-refractivity contribution is -0.143. The van der Waals surface area contributed by atoms with E-state index in [1.807, 2.05) is 17.5 Å². The number of likely N-dealkylation sites (N-methyl/N-ethyl adjacent to an activating group) is 1. The van der Waals surface area contributed by atoms with E-state index in [4.69, 9.17) is 0 Å². The van der Waals surface area contributed by atoms with Gasteiger partial charge in [-0.05, 0) is 11.4 Å². The molecule has 1 saturated heterocycles. The topological polar surface area (TPSA) is 60.9 Å². The van der Waals surface area contributed by atoms with E-state index in [1.165, 1.54) is 0 Å². The Labute approximate surface area is 126 Å². The number of hydrogen-bond acceptors (Lipinski definition) is 5. The van der Waals surface area contributed by atoms with Crippen molar-refractivity contribution in [3.8, 4) is 0 Å². The van der Waals surface area contributed by atoms with Gasteiger partial charge in [0.05, 0.1) is 13.1 Å². The molecule has 2 rings (SSSR count). The van der Waals surface area contributed by atoms with E-state index in [9.17, 15) is 14.7 Å². The summed E-state index contributed by atoms with van der Waals surface area (Å²) in [5.74, 6) is 0.561. The third kappa shape index (κ3) is 3.97. The zero-order chi connectivity index (χ0) is 14.5. The molecule has 7 heteroatoms. The molecule has 1 unspecified atom stereocenters. The zero-order valence-corrected chi connectivity index (χ0v) is 13.0. The van der Waals surface area contributed by atoms with E-state index < -0.39 is 12.0 Å². The van der Waals surface area contributed by atoms with Gasteiger partial charge in [0.1, 0.15) is 6.04 Å². The van der Waals surface area contributed by atoms with Gasteiger partial charge in [0.2, 0.25) is 5.91 Å². The molecule has 5 nitrogen and oxygen atoms in total. The number of aliphatic carboxylic acids is 1. The fourth-order valence-electron chi connectivity index (χ4n) is 2.07. The van der Waals surface area contributed by atoms with E-state index in [0.717, 1.165) is 10.6 Å². The summed E-state index contributed by atoms with van der Waals surface area (Å²) < 4.78 is 0. The highest BCUT2D eigenvalue weighted by atomic mass is 32.2. The largest absolute Gasteiger partial charge is 0.480 e. The predicted molar refractivity (Wildman–Crippen MR) is 81.1 cm³/mol. The first-order valence-corrected chi connectivity index (χ1v) is 8.42. The molecule has 1 atom stereocenters. The number of amides is 1. The molecule has 0 aromatic carbocycles. The molecule has 1 aromatic rings. The number of carboxylic acids is 1. The number of nitrogens with zero attached hydrogens (tertiary/aromatic N) is 2. The molecule has 1 amide bonds. The van der Waals surface area contributed by atoms with E-state index in [-0.39, 0.29) is 12.5 Å². The average molecular weight is 314 g/mol. The van der Waals surface area contributed by atoms with Gasteiger partial charge < -0.3 is 10.0 Å². The summed E-state index contributed by atoms with van der Waals surface area (Å²) in [6.45, 7) is 1.41. The van der Waals surface area contributed by atoms with E-state index >= 15 is 0 Å². The molecule has 2 heterocycles. The Kier molecular flexibility index (Phi) is 5.45. The Morgan fingerprint density at radius 2 is 2.35 bits per heavy atom. The molecule has 110 valence electrons. The normalized spacial score (nSPS) is 19.8. The monoisotopic (exact) mass is 314 g/mol. The number of thiophene rings is 1. The van der Waals surface area contributed by atoms with Crippen molar-refractivity contribution in [2.75, 3.05) is 31.6 Å². The third-order valence-corrected chi connectivity index (χ3v) is 5.15. The molecular formula is C13H18N2O3S2. The minimum absolute atomic E-state index is 0.0310. The lowest BCUT2D eigenvalue weighted by atomic mass is 10.2. The standard InChI is InChI=1S/C13H18N2O3S2/c1-14(7-10-3-2-5-20-10)12(16)8-15-4-6-19-9-11(15)13(17)18/h2-3,5,11H,4,6-9H2,1H3,(H,17,18). The molecule has 0 saturated carbocycles. The Bertz CT molecular complexity index is 464. The van der Waals surface area contributed by atoms with Crippen LogP contribution in [-0.2, 0) is 16.1 Å². The van der Waals surface area contributed by atoms with Gasteiger partial charge in [-0.25, -0.2) is 0 Å². The number of hydrogen-bond donors (Lipinski definition) is 1. The Balaban J connectivity index is 1.90. The van der Waals surface area contributed by atoms with Crippen molar-refractivity contribution in [1.82, 2.24) is 9.80 Å². The second-order valence-electron chi connectivity index (χ2n) is 4.73. The summed E-state index contributed by atoms with van der Waals surface area (Å²) >= 11 is 3.24. The predicted octanol–water partition coefficient (Wildman–Crippen LogP) is 1.21. The number of carbonyl (C=O) groups excluding carboxylic acids is 1. The summed E-state index contributed by atoms with van der Waals surface area (Å²) in [7, 11) is 1.76. The van der Waals surface area contributed by atoms with Crippen LogP contribution in [0.3, 0.4) is 0 Å². The van der Waals surface area contributed by atoms with Crippen molar-refractivity contribution >= 4 is 35.0 Å². The molecule has 0 aliphatic carbocycles. The lowest BCUT2D eigenvalue weighted by Crippen LogP contribution is -2.51. The maximum Gasteiger partial charge on any atom is 0.321 e.